The number of sulfone groups is 1. The van der Waals surface area contributed by atoms with Crippen molar-refractivity contribution in [1.82, 2.24) is 0 Å². The summed E-state index contributed by atoms with van der Waals surface area (Å²) in [7, 11) is -3.41. The number of rotatable bonds is 3. The van der Waals surface area contributed by atoms with E-state index in [-0.39, 0.29) is 14.9 Å². The smallest absolute Gasteiger partial charge is 0.306 e. The first kappa shape index (κ1) is 17.9. The van der Waals surface area contributed by atoms with Crippen molar-refractivity contribution in [2.45, 2.75) is 17.1 Å². The Morgan fingerprint density at radius 3 is 2.80 bits per heavy atom. The monoisotopic (exact) mass is 400 g/mol. The first-order valence-electron chi connectivity index (χ1n) is 7.31. The average molecular weight is 401 g/mol. The van der Waals surface area contributed by atoms with Crippen molar-refractivity contribution in [2.24, 2.45) is 0 Å². The van der Waals surface area contributed by atoms with Crippen LogP contribution in [-0.2, 0) is 16.3 Å². The summed E-state index contributed by atoms with van der Waals surface area (Å²) in [5.41, 5.74) is 1.54. The van der Waals surface area contributed by atoms with E-state index >= 15 is 0 Å². The van der Waals surface area contributed by atoms with Crippen LogP contribution in [0.5, 0.6) is 0 Å². The molecule has 1 aliphatic rings. The van der Waals surface area contributed by atoms with Gasteiger partial charge < -0.3 is 5.32 Å². The maximum Gasteiger partial charge on any atom is 0.324 e. The molecule has 0 spiro atoms. The molecule has 5 nitrogen and oxygen atoms in total. The predicted octanol–water partition coefficient (Wildman–Crippen LogP) is 4.55. The van der Waals surface area contributed by atoms with Crippen LogP contribution in [0.2, 0.25) is 5.02 Å². The van der Waals surface area contributed by atoms with Gasteiger partial charge in [-0.3, -0.25) is 5.32 Å². The Bertz CT molecular complexity index is 984. The molecule has 3 rings (SSSR count). The number of nitrogens with one attached hydrogen (secondary N) is 2. The normalized spacial score (nSPS) is 13.4. The lowest BCUT2D eigenvalue weighted by Crippen LogP contribution is -2.20. The molecule has 1 aromatic heterocycles. The maximum absolute atomic E-state index is 13.3. The number of benzene rings is 1. The van der Waals surface area contributed by atoms with Gasteiger partial charge in [-0.2, -0.15) is 0 Å². The van der Waals surface area contributed by atoms with Crippen LogP contribution < -0.4 is 10.6 Å². The number of halogens is 2. The van der Waals surface area contributed by atoms with Gasteiger partial charge in [-0.05, 0) is 36.6 Å². The number of hydrogen-bond acceptors (Lipinski definition) is 4. The third kappa shape index (κ3) is 3.86. The molecule has 0 fully saturated rings. The second kappa shape index (κ2) is 6.78. The molecule has 0 aliphatic heterocycles. The number of anilines is 2. The van der Waals surface area contributed by atoms with Gasteiger partial charge in [0.1, 0.15) is 15.0 Å². The Balaban J connectivity index is 1.88. The number of fused-ring (bicyclic) bond motifs is 1. The fraction of sp³-hybridized carbons (Fsp3) is 0.188. The van der Waals surface area contributed by atoms with Crippen LogP contribution in [0.25, 0.3) is 6.08 Å². The molecule has 25 heavy (non-hydrogen) atoms. The van der Waals surface area contributed by atoms with Crippen LogP contribution in [0.4, 0.5) is 19.9 Å². The molecular formula is C16H14ClFN2O3S2. The van der Waals surface area contributed by atoms with E-state index in [1.165, 1.54) is 12.1 Å². The van der Waals surface area contributed by atoms with Gasteiger partial charge in [0.2, 0.25) is 0 Å². The summed E-state index contributed by atoms with van der Waals surface area (Å²) >= 11 is 6.94. The number of amides is 2. The van der Waals surface area contributed by atoms with Gasteiger partial charge >= 0.3 is 6.03 Å². The summed E-state index contributed by atoms with van der Waals surface area (Å²) in [6.45, 7) is 0. The van der Waals surface area contributed by atoms with Gasteiger partial charge in [0.25, 0.3) is 0 Å². The highest BCUT2D eigenvalue weighted by molar-refractivity contribution is 7.93. The molecule has 2 N–H and O–H groups in total. The highest BCUT2D eigenvalue weighted by Crippen LogP contribution is 2.40. The van der Waals surface area contributed by atoms with Crippen molar-refractivity contribution in [3.05, 3.63) is 46.2 Å². The molecule has 132 valence electrons. The van der Waals surface area contributed by atoms with E-state index in [4.69, 9.17) is 11.6 Å². The molecule has 0 bridgehead atoms. The second-order valence-corrected chi connectivity index (χ2v) is 9.17. The zero-order valence-electron chi connectivity index (χ0n) is 13.1. The third-order valence-electron chi connectivity index (χ3n) is 3.60. The molecule has 0 atom stereocenters. The Morgan fingerprint density at radius 2 is 2.08 bits per heavy atom. The fourth-order valence-corrected chi connectivity index (χ4v) is 5.10. The highest BCUT2D eigenvalue weighted by atomic mass is 35.5. The van der Waals surface area contributed by atoms with E-state index in [0.717, 1.165) is 35.6 Å². The topological polar surface area (TPSA) is 75.3 Å². The van der Waals surface area contributed by atoms with Gasteiger partial charge in [0.05, 0.1) is 10.7 Å². The first-order valence-corrected chi connectivity index (χ1v) is 10.4. The average Bonchev–Trinajstić information content (AvgIpc) is 2.90. The van der Waals surface area contributed by atoms with Crippen LogP contribution in [0, 0.1) is 5.82 Å². The zero-order chi connectivity index (χ0) is 18.2. The van der Waals surface area contributed by atoms with Crippen LogP contribution in [-0.4, -0.2) is 20.7 Å². The molecule has 1 heterocycles. The quantitative estimate of drug-likeness (QED) is 0.793. The summed E-state index contributed by atoms with van der Waals surface area (Å²) in [6, 6.07) is 3.01. The van der Waals surface area contributed by atoms with E-state index in [9.17, 15) is 17.6 Å². The number of allylic oxidation sites excluding steroid dienone is 1. The lowest BCUT2D eigenvalue weighted by Gasteiger charge is -2.11. The van der Waals surface area contributed by atoms with Crippen LogP contribution in [0.1, 0.15) is 17.5 Å². The van der Waals surface area contributed by atoms with Gasteiger partial charge in [-0.1, -0.05) is 23.8 Å². The van der Waals surface area contributed by atoms with Crippen LogP contribution in [0.15, 0.2) is 28.5 Å². The largest absolute Gasteiger partial charge is 0.324 e. The van der Waals surface area contributed by atoms with E-state index in [0.29, 0.717) is 17.0 Å². The standard InChI is InChI=1S/C16H14ClFN2O3S2/c1-25(22,23)15-11-5-3-2-4-10(11)14(24-15)20-16(21)19-13-8-9(18)6-7-12(13)17/h3,5-8H,2,4H2,1H3,(H2,19,20,21). The fourth-order valence-electron chi connectivity index (χ4n) is 2.53. The molecule has 9 heteroatoms. The van der Waals surface area contributed by atoms with Crippen molar-refractivity contribution in [3.63, 3.8) is 0 Å². The summed E-state index contributed by atoms with van der Waals surface area (Å²) in [5, 5.41) is 5.78. The molecule has 0 saturated heterocycles. The predicted molar refractivity (Wildman–Crippen MR) is 98.8 cm³/mol. The number of thiophene rings is 1. The number of urea groups is 1. The Kier molecular flexibility index (Phi) is 4.86. The maximum atomic E-state index is 13.3. The Labute approximate surface area is 153 Å². The molecule has 0 unspecified atom stereocenters. The summed E-state index contributed by atoms with van der Waals surface area (Å²) < 4.78 is 37.4. The van der Waals surface area contributed by atoms with Crippen LogP contribution in [0.3, 0.4) is 0 Å². The lowest BCUT2D eigenvalue weighted by atomic mass is 10.0. The van der Waals surface area contributed by atoms with Crippen molar-refractivity contribution in [2.75, 3.05) is 16.9 Å². The van der Waals surface area contributed by atoms with Crippen molar-refractivity contribution in [1.29, 1.82) is 0 Å². The second-order valence-electron chi connectivity index (χ2n) is 5.53. The highest BCUT2D eigenvalue weighted by Gasteiger charge is 2.25. The molecule has 1 aliphatic carbocycles. The van der Waals surface area contributed by atoms with Crippen molar-refractivity contribution < 1.29 is 17.6 Å². The Hall–Kier alpha value is -1.90. The molecule has 1 aromatic carbocycles. The molecule has 0 radical (unpaired) electrons. The van der Waals surface area contributed by atoms with E-state index in [2.05, 4.69) is 10.6 Å². The van der Waals surface area contributed by atoms with Gasteiger partial charge in [-0.25, -0.2) is 17.6 Å². The van der Waals surface area contributed by atoms with E-state index in [1.807, 2.05) is 6.08 Å². The number of carbonyl (C=O) groups excluding carboxylic acids is 1. The number of hydrogen-bond donors (Lipinski definition) is 2. The molecular weight excluding hydrogens is 387 g/mol. The minimum atomic E-state index is -3.41. The summed E-state index contributed by atoms with van der Waals surface area (Å²) in [4.78, 5) is 12.2. The van der Waals surface area contributed by atoms with Crippen molar-refractivity contribution in [3.8, 4) is 0 Å². The Morgan fingerprint density at radius 1 is 1.32 bits per heavy atom. The van der Waals surface area contributed by atoms with E-state index < -0.39 is 21.7 Å². The van der Waals surface area contributed by atoms with Gasteiger partial charge in [-0.15, -0.1) is 11.3 Å². The van der Waals surface area contributed by atoms with Gasteiger partial charge in [0, 0.05) is 11.8 Å². The number of carbonyl (C=O) groups is 1. The zero-order valence-corrected chi connectivity index (χ0v) is 15.5. The van der Waals surface area contributed by atoms with Gasteiger partial charge in [0.15, 0.2) is 9.84 Å². The first-order chi connectivity index (χ1) is 11.8. The van der Waals surface area contributed by atoms with Crippen molar-refractivity contribution >= 4 is 55.6 Å². The SMILES string of the molecule is CS(=O)(=O)c1sc(NC(=O)Nc2cc(F)ccc2Cl)c2c1C=CCC2. The minimum absolute atomic E-state index is 0.132. The third-order valence-corrected chi connectivity index (χ3v) is 6.94. The molecule has 2 amide bonds. The lowest BCUT2D eigenvalue weighted by molar-refractivity contribution is 0.262. The van der Waals surface area contributed by atoms with Crippen LogP contribution >= 0.6 is 22.9 Å². The minimum Gasteiger partial charge on any atom is -0.306 e. The summed E-state index contributed by atoms with van der Waals surface area (Å²) in [5.74, 6) is -0.530. The molecule has 0 saturated carbocycles. The summed E-state index contributed by atoms with van der Waals surface area (Å²) in [6.07, 6.45) is 6.20. The molecule has 2 aromatic rings. The van der Waals surface area contributed by atoms with E-state index in [1.54, 1.807) is 6.08 Å².